The molecule has 9 heteroatoms. The lowest BCUT2D eigenvalue weighted by atomic mass is 10.3. The van der Waals surface area contributed by atoms with Gasteiger partial charge in [-0.2, -0.15) is 0 Å². The van der Waals surface area contributed by atoms with Crippen LogP contribution in [-0.2, 0) is 9.59 Å². The molecule has 2 amide bonds. The van der Waals surface area contributed by atoms with Crippen LogP contribution in [0, 0.1) is 0 Å². The third kappa shape index (κ3) is 6.34. The molecule has 0 atom stereocenters. The summed E-state index contributed by atoms with van der Waals surface area (Å²) in [5.74, 6) is -0.613. The third-order valence-corrected chi connectivity index (χ3v) is 4.54. The Morgan fingerprint density at radius 3 is 2.12 bits per heavy atom. The number of halogens is 4. The van der Waals surface area contributed by atoms with Gasteiger partial charge >= 0.3 is 0 Å². The van der Waals surface area contributed by atoms with Gasteiger partial charge in [-0.05, 0) is 43.4 Å². The van der Waals surface area contributed by atoms with E-state index in [-0.39, 0.29) is 24.9 Å². The van der Waals surface area contributed by atoms with Crippen molar-refractivity contribution in [1.29, 1.82) is 0 Å². The summed E-state index contributed by atoms with van der Waals surface area (Å²) < 4.78 is 0. The lowest BCUT2D eigenvalue weighted by molar-refractivity contribution is -0.119. The van der Waals surface area contributed by atoms with Crippen molar-refractivity contribution in [2.45, 2.75) is 0 Å². The van der Waals surface area contributed by atoms with E-state index in [0.29, 0.717) is 31.5 Å². The average molecular weight is 435 g/mol. The molecule has 0 spiro atoms. The highest BCUT2D eigenvalue weighted by Crippen LogP contribution is 2.26. The summed E-state index contributed by atoms with van der Waals surface area (Å²) in [5, 5.41) is 6.92. The summed E-state index contributed by atoms with van der Waals surface area (Å²) in [6.07, 6.45) is 0. The lowest BCUT2D eigenvalue weighted by Crippen LogP contribution is -2.36. The average Bonchev–Trinajstić information content (AvgIpc) is 2.54. The smallest absolute Gasteiger partial charge is 0.238 e. The minimum atomic E-state index is -0.320. The minimum absolute atomic E-state index is 0.00235. The first-order valence-electron chi connectivity index (χ1n) is 7.43. The molecule has 0 saturated carbocycles. The summed E-state index contributed by atoms with van der Waals surface area (Å²) in [6, 6.07) is 9.55. The minimum Gasteiger partial charge on any atom is -0.325 e. The van der Waals surface area contributed by atoms with E-state index in [1.165, 1.54) is 0 Å². The fraction of sp³-hybridized carbons (Fsp3) is 0.176. The van der Waals surface area contributed by atoms with Gasteiger partial charge in [0.05, 0.1) is 33.8 Å². The predicted octanol–water partition coefficient (Wildman–Crippen LogP) is 4.81. The SMILES string of the molecule is CN(CC(=O)Nc1ccc(Cl)c(Cl)c1)CC(=O)Nc1cc(Cl)ccc1Cl. The maximum absolute atomic E-state index is 12.1. The Labute approximate surface area is 171 Å². The molecule has 5 nitrogen and oxygen atoms in total. The molecule has 0 bridgehead atoms. The number of carbonyl (C=O) groups is 2. The second-order valence-electron chi connectivity index (χ2n) is 5.52. The molecule has 0 radical (unpaired) electrons. The highest BCUT2D eigenvalue weighted by Gasteiger charge is 2.13. The van der Waals surface area contributed by atoms with Crippen molar-refractivity contribution in [2.24, 2.45) is 0 Å². The van der Waals surface area contributed by atoms with E-state index in [1.807, 2.05) is 0 Å². The number of likely N-dealkylation sites (N-methyl/N-ethyl adjacent to an activating group) is 1. The molecule has 0 aliphatic heterocycles. The summed E-state index contributed by atoms with van der Waals surface area (Å²) in [7, 11) is 1.65. The molecule has 2 N–H and O–H groups in total. The van der Waals surface area contributed by atoms with Crippen molar-refractivity contribution in [3.63, 3.8) is 0 Å². The van der Waals surface area contributed by atoms with Gasteiger partial charge < -0.3 is 10.6 Å². The Hall–Kier alpha value is -1.50. The van der Waals surface area contributed by atoms with Crippen LogP contribution < -0.4 is 10.6 Å². The maximum Gasteiger partial charge on any atom is 0.238 e. The van der Waals surface area contributed by atoms with Crippen molar-refractivity contribution in [3.05, 3.63) is 56.5 Å². The number of hydrogen-bond acceptors (Lipinski definition) is 3. The van der Waals surface area contributed by atoms with Gasteiger partial charge in [0.15, 0.2) is 0 Å². The lowest BCUT2D eigenvalue weighted by Gasteiger charge is -2.16. The monoisotopic (exact) mass is 433 g/mol. The van der Waals surface area contributed by atoms with E-state index in [2.05, 4.69) is 10.6 Å². The first-order valence-corrected chi connectivity index (χ1v) is 8.94. The Kier molecular flexibility index (Phi) is 7.55. The van der Waals surface area contributed by atoms with Gasteiger partial charge in [-0.3, -0.25) is 14.5 Å². The summed E-state index contributed by atoms with van der Waals surface area (Å²) in [6.45, 7) is 0.00851. The van der Waals surface area contributed by atoms with Gasteiger partial charge in [0.25, 0.3) is 0 Å². The van der Waals surface area contributed by atoms with Crippen LogP contribution in [0.1, 0.15) is 0 Å². The highest BCUT2D eigenvalue weighted by molar-refractivity contribution is 6.42. The molecular weight excluding hydrogens is 420 g/mol. The van der Waals surface area contributed by atoms with Gasteiger partial charge in [0.1, 0.15) is 0 Å². The molecule has 2 rings (SSSR count). The quantitative estimate of drug-likeness (QED) is 0.685. The molecule has 0 heterocycles. The molecule has 0 aliphatic rings. The first-order chi connectivity index (χ1) is 12.2. The molecule has 26 heavy (non-hydrogen) atoms. The Morgan fingerprint density at radius 2 is 1.46 bits per heavy atom. The standard InChI is InChI=1S/C17H15Cl4N3O2/c1-24(8-16(25)22-11-3-5-12(19)14(21)7-11)9-17(26)23-15-6-10(18)2-4-13(15)20/h2-7H,8-9H2,1H3,(H,22,25)(H,23,26). The van der Waals surface area contributed by atoms with Crippen LogP contribution in [0.3, 0.4) is 0 Å². The van der Waals surface area contributed by atoms with E-state index in [9.17, 15) is 9.59 Å². The number of benzene rings is 2. The van der Waals surface area contributed by atoms with E-state index >= 15 is 0 Å². The molecule has 0 fully saturated rings. The number of anilines is 2. The van der Waals surface area contributed by atoms with E-state index in [1.54, 1.807) is 48.3 Å². The van der Waals surface area contributed by atoms with Crippen LogP contribution in [0.4, 0.5) is 11.4 Å². The molecule has 138 valence electrons. The van der Waals surface area contributed by atoms with Crippen LogP contribution in [0.2, 0.25) is 20.1 Å². The highest BCUT2D eigenvalue weighted by atomic mass is 35.5. The van der Waals surface area contributed by atoms with Crippen LogP contribution in [0.15, 0.2) is 36.4 Å². The summed E-state index contributed by atoms with van der Waals surface area (Å²) in [5.41, 5.74) is 0.936. The van der Waals surface area contributed by atoms with Crippen LogP contribution in [0.5, 0.6) is 0 Å². The first kappa shape index (κ1) is 20.8. The number of carbonyl (C=O) groups excluding carboxylic acids is 2. The Bertz CT molecular complexity index is 830. The molecule has 2 aromatic rings. The molecule has 2 aromatic carbocycles. The number of nitrogens with one attached hydrogen (secondary N) is 2. The Morgan fingerprint density at radius 1 is 0.846 bits per heavy atom. The van der Waals surface area contributed by atoms with Gasteiger partial charge in [-0.15, -0.1) is 0 Å². The summed E-state index contributed by atoms with van der Waals surface area (Å²) in [4.78, 5) is 25.7. The van der Waals surface area contributed by atoms with Crippen molar-refractivity contribution in [2.75, 3.05) is 30.8 Å². The Balaban J connectivity index is 1.85. The fourth-order valence-corrected chi connectivity index (χ4v) is 2.74. The zero-order chi connectivity index (χ0) is 19.3. The van der Waals surface area contributed by atoms with E-state index in [4.69, 9.17) is 46.4 Å². The second kappa shape index (κ2) is 9.44. The van der Waals surface area contributed by atoms with Crippen molar-refractivity contribution in [1.82, 2.24) is 4.90 Å². The molecule has 0 aliphatic carbocycles. The van der Waals surface area contributed by atoms with Gasteiger partial charge in [0, 0.05) is 10.7 Å². The number of nitrogens with zero attached hydrogens (tertiary/aromatic N) is 1. The van der Waals surface area contributed by atoms with Gasteiger partial charge in [-0.25, -0.2) is 0 Å². The number of amides is 2. The normalized spacial score (nSPS) is 10.7. The van der Waals surface area contributed by atoms with Crippen molar-refractivity contribution < 1.29 is 9.59 Å². The van der Waals surface area contributed by atoms with E-state index < -0.39 is 0 Å². The van der Waals surface area contributed by atoms with Crippen molar-refractivity contribution >= 4 is 69.6 Å². The topological polar surface area (TPSA) is 61.4 Å². The van der Waals surface area contributed by atoms with Crippen LogP contribution in [-0.4, -0.2) is 36.9 Å². The van der Waals surface area contributed by atoms with Gasteiger partial charge in [0.2, 0.25) is 11.8 Å². The van der Waals surface area contributed by atoms with Crippen LogP contribution in [0.25, 0.3) is 0 Å². The predicted molar refractivity (Wildman–Crippen MR) is 108 cm³/mol. The molecule has 0 saturated heterocycles. The zero-order valence-electron chi connectivity index (χ0n) is 13.7. The van der Waals surface area contributed by atoms with Crippen molar-refractivity contribution in [3.8, 4) is 0 Å². The molecule has 0 aromatic heterocycles. The molecule has 0 unspecified atom stereocenters. The third-order valence-electron chi connectivity index (χ3n) is 3.23. The zero-order valence-corrected chi connectivity index (χ0v) is 16.7. The largest absolute Gasteiger partial charge is 0.325 e. The maximum atomic E-state index is 12.1. The number of rotatable bonds is 6. The fourth-order valence-electron chi connectivity index (χ4n) is 2.10. The molecular formula is C17H15Cl4N3O2. The number of hydrogen-bond donors (Lipinski definition) is 2. The van der Waals surface area contributed by atoms with Crippen LogP contribution >= 0.6 is 46.4 Å². The van der Waals surface area contributed by atoms with Gasteiger partial charge in [-0.1, -0.05) is 46.4 Å². The second-order valence-corrected chi connectivity index (χ2v) is 7.18. The van der Waals surface area contributed by atoms with E-state index in [0.717, 1.165) is 0 Å². The summed E-state index contributed by atoms with van der Waals surface area (Å²) >= 11 is 23.6.